The third-order valence-electron chi connectivity index (χ3n) is 2.77. The second-order valence-electron chi connectivity index (χ2n) is 4.24. The van der Waals surface area contributed by atoms with Crippen LogP contribution in [0.4, 0.5) is 5.69 Å². The van der Waals surface area contributed by atoms with Gasteiger partial charge >= 0.3 is 0 Å². The molecule has 6 heteroatoms. The van der Waals surface area contributed by atoms with Gasteiger partial charge in [-0.2, -0.15) is 0 Å². The second kappa shape index (κ2) is 8.29. The van der Waals surface area contributed by atoms with Crippen LogP contribution in [0.1, 0.15) is 24.8 Å². The minimum absolute atomic E-state index is 0. The summed E-state index contributed by atoms with van der Waals surface area (Å²) in [4.78, 5) is 15.9. The van der Waals surface area contributed by atoms with Crippen LogP contribution in [0.5, 0.6) is 0 Å². The fourth-order valence-electron chi connectivity index (χ4n) is 1.93. The number of aryl methyl sites for hydroxylation is 1. The zero-order valence-electron chi connectivity index (χ0n) is 10.3. The molecule has 1 aromatic heterocycles. The number of nitrogens with zero attached hydrogens (tertiary/aromatic N) is 1. The summed E-state index contributed by atoms with van der Waals surface area (Å²) in [6, 6.07) is 1.88. The van der Waals surface area contributed by atoms with Crippen molar-refractivity contribution in [2.45, 2.75) is 32.2 Å². The number of nitrogens with one attached hydrogen (secondary N) is 2. The van der Waals surface area contributed by atoms with Crippen LogP contribution in [0.15, 0.2) is 18.5 Å². The summed E-state index contributed by atoms with van der Waals surface area (Å²) in [5.74, 6) is 0.0482. The molecular weight excluding hydrogens is 273 g/mol. The largest absolute Gasteiger partial charge is 0.323 e. The summed E-state index contributed by atoms with van der Waals surface area (Å²) in [5.41, 5.74) is 1.83. The maximum Gasteiger partial charge on any atom is 0.241 e. The van der Waals surface area contributed by atoms with E-state index in [0.29, 0.717) is 0 Å². The third-order valence-corrected chi connectivity index (χ3v) is 2.77. The number of carbonyl (C=O) groups is 1. The molecule has 1 amide bonds. The number of hydrogen-bond acceptors (Lipinski definition) is 3. The maximum atomic E-state index is 11.9. The van der Waals surface area contributed by atoms with Crippen molar-refractivity contribution < 1.29 is 4.79 Å². The average molecular weight is 292 g/mol. The van der Waals surface area contributed by atoms with Crippen molar-refractivity contribution in [1.82, 2.24) is 10.3 Å². The fraction of sp³-hybridized carbons (Fsp3) is 0.500. The van der Waals surface area contributed by atoms with Crippen LogP contribution in [0.25, 0.3) is 0 Å². The van der Waals surface area contributed by atoms with Crippen molar-refractivity contribution in [2.24, 2.45) is 0 Å². The molecule has 2 rings (SSSR count). The van der Waals surface area contributed by atoms with Crippen molar-refractivity contribution >= 4 is 36.4 Å². The van der Waals surface area contributed by atoms with Crippen molar-refractivity contribution in [1.29, 1.82) is 0 Å². The lowest BCUT2D eigenvalue weighted by Gasteiger charge is -2.22. The Morgan fingerprint density at radius 3 is 2.78 bits per heavy atom. The van der Waals surface area contributed by atoms with Gasteiger partial charge in [0, 0.05) is 6.20 Å². The molecular formula is C12H19Cl2N3O. The molecule has 1 aliphatic rings. The molecule has 18 heavy (non-hydrogen) atoms. The Kier molecular flexibility index (Phi) is 7.91. The molecule has 0 unspecified atom stereocenters. The molecule has 1 aliphatic heterocycles. The van der Waals surface area contributed by atoms with Gasteiger partial charge in [-0.25, -0.2) is 0 Å². The highest BCUT2D eigenvalue weighted by atomic mass is 35.5. The molecule has 2 heterocycles. The lowest BCUT2D eigenvalue weighted by molar-refractivity contribution is -0.118. The first kappa shape index (κ1) is 17.2. The maximum absolute atomic E-state index is 11.9. The summed E-state index contributed by atoms with van der Waals surface area (Å²) in [6.07, 6.45) is 6.65. The van der Waals surface area contributed by atoms with E-state index >= 15 is 0 Å². The van der Waals surface area contributed by atoms with E-state index < -0.39 is 0 Å². The number of piperidine rings is 1. The molecule has 1 fully saturated rings. The van der Waals surface area contributed by atoms with Crippen LogP contribution in [-0.4, -0.2) is 23.5 Å². The summed E-state index contributed by atoms with van der Waals surface area (Å²) < 4.78 is 0. The highest BCUT2D eigenvalue weighted by Gasteiger charge is 2.20. The molecule has 0 spiro atoms. The number of carbonyl (C=O) groups excluding carboxylic acids is 1. The molecule has 0 aromatic carbocycles. The molecule has 1 saturated heterocycles. The van der Waals surface area contributed by atoms with E-state index in [0.717, 1.165) is 37.1 Å². The summed E-state index contributed by atoms with van der Waals surface area (Å²) in [7, 11) is 0. The monoisotopic (exact) mass is 291 g/mol. The van der Waals surface area contributed by atoms with E-state index in [2.05, 4.69) is 15.6 Å². The molecule has 4 nitrogen and oxygen atoms in total. The zero-order chi connectivity index (χ0) is 11.4. The van der Waals surface area contributed by atoms with Crippen molar-refractivity contribution in [3.8, 4) is 0 Å². The molecule has 1 aromatic rings. The smallest absolute Gasteiger partial charge is 0.241 e. The number of halogens is 2. The van der Waals surface area contributed by atoms with Crippen LogP contribution < -0.4 is 10.6 Å². The van der Waals surface area contributed by atoms with E-state index in [9.17, 15) is 4.79 Å². The Balaban J connectivity index is 0.00000144. The van der Waals surface area contributed by atoms with Crippen LogP contribution in [-0.2, 0) is 4.79 Å². The van der Waals surface area contributed by atoms with Gasteiger partial charge in [-0.1, -0.05) is 6.42 Å². The fourth-order valence-corrected chi connectivity index (χ4v) is 1.93. The topological polar surface area (TPSA) is 54.0 Å². The summed E-state index contributed by atoms with van der Waals surface area (Å²) >= 11 is 0. The van der Waals surface area contributed by atoms with E-state index in [-0.39, 0.29) is 36.8 Å². The van der Waals surface area contributed by atoms with Gasteiger partial charge < -0.3 is 10.6 Å². The minimum Gasteiger partial charge on any atom is -0.323 e. The average Bonchev–Trinajstić information content (AvgIpc) is 2.30. The Morgan fingerprint density at radius 1 is 1.39 bits per heavy atom. The molecule has 0 aliphatic carbocycles. The van der Waals surface area contributed by atoms with Crippen LogP contribution in [0.3, 0.4) is 0 Å². The number of aromatic nitrogens is 1. The van der Waals surface area contributed by atoms with E-state index in [4.69, 9.17) is 0 Å². The quantitative estimate of drug-likeness (QED) is 0.879. The number of pyridine rings is 1. The molecule has 0 radical (unpaired) electrons. The van der Waals surface area contributed by atoms with Gasteiger partial charge in [0.15, 0.2) is 0 Å². The Hall–Kier alpha value is -0.840. The molecule has 0 bridgehead atoms. The van der Waals surface area contributed by atoms with E-state index in [1.807, 2.05) is 13.0 Å². The van der Waals surface area contributed by atoms with Gasteiger partial charge in [-0.3, -0.25) is 9.78 Å². The number of amides is 1. The second-order valence-corrected chi connectivity index (χ2v) is 4.24. The normalized spacial score (nSPS) is 18.2. The van der Waals surface area contributed by atoms with Crippen molar-refractivity contribution in [3.63, 3.8) is 0 Å². The van der Waals surface area contributed by atoms with Gasteiger partial charge in [0.25, 0.3) is 0 Å². The highest BCUT2D eigenvalue weighted by Crippen LogP contribution is 2.11. The van der Waals surface area contributed by atoms with Gasteiger partial charge in [-0.15, -0.1) is 24.8 Å². The number of anilines is 1. The Bertz CT molecular complexity index is 381. The molecule has 102 valence electrons. The first-order valence-corrected chi connectivity index (χ1v) is 5.71. The van der Waals surface area contributed by atoms with E-state index in [1.54, 1.807) is 12.4 Å². The third kappa shape index (κ3) is 4.80. The van der Waals surface area contributed by atoms with Crippen LogP contribution in [0, 0.1) is 6.92 Å². The molecule has 2 N–H and O–H groups in total. The predicted octanol–water partition coefficient (Wildman–Crippen LogP) is 2.31. The van der Waals surface area contributed by atoms with Gasteiger partial charge in [-0.05, 0) is 37.9 Å². The van der Waals surface area contributed by atoms with Crippen LogP contribution >= 0.6 is 24.8 Å². The van der Waals surface area contributed by atoms with Crippen LogP contribution in [0.2, 0.25) is 0 Å². The first-order valence-electron chi connectivity index (χ1n) is 5.71. The predicted molar refractivity (Wildman–Crippen MR) is 77.7 cm³/mol. The van der Waals surface area contributed by atoms with E-state index in [1.165, 1.54) is 0 Å². The Morgan fingerprint density at radius 2 is 2.17 bits per heavy atom. The number of hydrogen-bond donors (Lipinski definition) is 2. The Labute approximate surface area is 120 Å². The lowest BCUT2D eigenvalue weighted by atomic mass is 10.0. The first-order chi connectivity index (χ1) is 7.75. The van der Waals surface area contributed by atoms with Crippen molar-refractivity contribution in [2.75, 3.05) is 11.9 Å². The van der Waals surface area contributed by atoms with Crippen molar-refractivity contribution in [3.05, 3.63) is 24.0 Å². The van der Waals surface area contributed by atoms with Gasteiger partial charge in [0.1, 0.15) is 0 Å². The SMILES string of the molecule is Cc1cncc(NC(=O)[C@@H]2CCCCN2)c1.Cl.Cl. The molecule has 1 atom stereocenters. The molecule has 0 saturated carbocycles. The van der Waals surface area contributed by atoms with Gasteiger partial charge in [0.05, 0.1) is 17.9 Å². The minimum atomic E-state index is -0.0470. The summed E-state index contributed by atoms with van der Waals surface area (Å²) in [6.45, 7) is 2.89. The lowest BCUT2D eigenvalue weighted by Crippen LogP contribution is -2.43. The number of rotatable bonds is 2. The standard InChI is InChI=1S/C12H17N3O.2ClH/c1-9-6-10(8-13-7-9)15-12(16)11-4-2-3-5-14-11;;/h6-8,11,14H,2-5H2,1H3,(H,15,16);2*1H/t11-;;/m0../s1. The van der Waals surface area contributed by atoms with Gasteiger partial charge in [0.2, 0.25) is 5.91 Å². The zero-order valence-corrected chi connectivity index (χ0v) is 11.9. The highest BCUT2D eigenvalue weighted by molar-refractivity contribution is 5.94. The summed E-state index contributed by atoms with van der Waals surface area (Å²) in [5, 5.41) is 6.11.